The third kappa shape index (κ3) is 6.57. The molecule has 0 saturated heterocycles. The van der Waals surface area contributed by atoms with Crippen LogP contribution in [0.3, 0.4) is 0 Å². The smallest absolute Gasteiger partial charge is 0.261 e. The number of nitriles is 1. The topological polar surface area (TPSA) is 71.3 Å². The van der Waals surface area contributed by atoms with E-state index in [1.165, 1.54) is 12.1 Å². The van der Waals surface area contributed by atoms with Gasteiger partial charge in [-0.1, -0.05) is 30.3 Å². The van der Waals surface area contributed by atoms with Gasteiger partial charge in [0.15, 0.2) is 0 Å². The number of hydrogen-bond donors (Lipinski definition) is 1. The molecule has 0 aromatic heterocycles. The van der Waals surface area contributed by atoms with Gasteiger partial charge in [-0.2, -0.15) is 5.26 Å². The summed E-state index contributed by atoms with van der Waals surface area (Å²) in [4.78, 5) is 12.0. The van der Waals surface area contributed by atoms with Crippen molar-refractivity contribution in [2.75, 3.05) is 20.3 Å². The molecular formula is C21H21FN2O3. The zero-order valence-electron chi connectivity index (χ0n) is 15.1. The first-order chi connectivity index (χ1) is 13.1. The van der Waals surface area contributed by atoms with Gasteiger partial charge in [0.05, 0.1) is 0 Å². The summed E-state index contributed by atoms with van der Waals surface area (Å²) in [6, 6.07) is 15.2. The van der Waals surface area contributed by atoms with E-state index in [1.807, 2.05) is 6.07 Å². The summed E-state index contributed by atoms with van der Waals surface area (Å²) >= 11 is 0. The molecule has 2 aromatic rings. The van der Waals surface area contributed by atoms with E-state index >= 15 is 0 Å². The molecule has 0 radical (unpaired) electrons. The Morgan fingerprint density at radius 3 is 2.63 bits per heavy atom. The maximum atomic E-state index is 13.6. The fraction of sp³-hybridized carbons (Fsp3) is 0.238. The Kier molecular flexibility index (Phi) is 8.01. The van der Waals surface area contributed by atoms with E-state index in [2.05, 4.69) is 5.32 Å². The number of halogens is 1. The van der Waals surface area contributed by atoms with Crippen LogP contribution in [0.5, 0.6) is 5.75 Å². The Labute approximate surface area is 158 Å². The Morgan fingerprint density at radius 2 is 1.96 bits per heavy atom. The van der Waals surface area contributed by atoms with Gasteiger partial charge in [0.1, 0.15) is 29.8 Å². The van der Waals surface area contributed by atoms with Crippen molar-refractivity contribution < 1.29 is 18.7 Å². The maximum absolute atomic E-state index is 13.6. The van der Waals surface area contributed by atoms with Gasteiger partial charge < -0.3 is 14.8 Å². The van der Waals surface area contributed by atoms with Crippen LogP contribution < -0.4 is 10.1 Å². The second kappa shape index (κ2) is 10.7. The molecule has 140 valence electrons. The largest absolute Gasteiger partial charge is 0.489 e. The van der Waals surface area contributed by atoms with Gasteiger partial charge in [0, 0.05) is 25.8 Å². The van der Waals surface area contributed by atoms with Crippen LogP contribution in [0.2, 0.25) is 0 Å². The zero-order valence-corrected chi connectivity index (χ0v) is 15.1. The molecule has 27 heavy (non-hydrogen) atoms. The molecule has 0 aliphatic heterocycles. The Bertz CT molecular complexity index is 826. The van der Waals surface area contributed by atoms with Gasteiger partial charge in [-0.3, -0.25) is 4.79 Å². The van der Waals surface area contributed by atoms with Gasteiger partial charge in [0.25, 0.3) is 5.91 Å². The summed E-state index contributed by atoms with van der Waals surface area (Å²) in [7, 11) is 1.59. The summed E-state index contributed by atoms with van der Waals surface area (Å²) in [5.41, 5.74) is 1.18. The molecule has 2 rings (SSSR count). The Hall–Kier alpha value is -3.17. The standard InChI is InChI=1S/C21H21FN2O3/c1-26-12-4-11-24-21(25)18(14-23)13-16-7-9-19(10-8-16)27-15-17-5-2-3-6-20(17)22/h2-3,5-10,13H,4,11-12,15H2,1H3,(H,24,25)/b18-13+. The van der Waals surface area contributed by atoms with E-state index in [0.29, 0.717) is 36.4 Å². The lowest BCUT2D eigenvalue weighted by molar-refractivity contribution is -0.117. The molecule has 6 heteroatoms. The molecule has 1 amide bonds. The van der Waals surface area contributed by atoms with Gasteiger partial charge in [-0.15, -0.1) is 0 Å². The van der Waals surface area contributed by atoms with Crippen LogP contribution in [0, 0.1) is 17.1 Å². The van der Waals surface area contributed by atoms with Gasteiger partial charge in [-0.25, -0.2) is 4.39 Å². The van der Waals surface area contributed by atoms with Crippen molar-refractivity contribution in [2.45, 2.75) is 13.0 Å². The maximum Gasteiger partial charge on any atom is 0.261 e. The molecular weight excluding hydrogens is 347 g/mol. The highest BCUT2D eigenvalue weighted by Gasteiger charge is 2.08. The SMILES string of the molecule is COCCCNC(=O)/C(C#N)=C/c1ccc(OCc2ccccc2F)cc1. The highest BCUT2D eigenvalue weighted by Crippen LogP contribution is 2.17. The lowest BCUT2D eigenvalue weighted by Crippen LogP contribution is -2.26. The molecule has 0 aliphatic carbocycles. The first kappa shape index (κ1) is 20.1. The molecule has 0 heterocycles. The van der Waals surface area contributed by atoms with Crippen molar-refractivity contribution in [3.05, 3.63) is 71.0 Å². The van der Waals surface area contributed by atoms with Crippen molar-refractivity contribution in [3.8, 4) is 11.8 Å². The third-order valence-electron chi connectivity index (χ3n) is 3.72. The Balaban J connectivity index is 1.94. The van der Waals surface area contributed by atoms with Crippen molar-refractivity contribution >= 4 is 12.0 Å². The lowest BCUT2D eigenvalue weighted by atomic mass is 10.1. The minimum atomic E-state index is -0.423. The fourth-order valence-electron chi connectivity index (χ4n) is 2.27. The molecule has 5 nitrogen and oxygen atoms in total. The highest BCUT2D eigenvalue weighted by molar-refractivity contribution is 6.01. The number of carbonyl (C=O) groups excluding carboxylic acids is 1. The summed E-state index contributed by atoms with van der Waals surface area (Å²) in [5.74, 6) is -0.168. The molecule has 0 aliphatic rings. The quantitative estimate of drug-likeness (QED) is 0.418. The predicted octanol–water partition coefficient (Wildman–Crippen LogP) is 3.46. The van der Waals surface area contributed by atoms with Crippen LogP contribution in [0.4, 0.5) is 4.39 Å². The second-order valence-corrected chi connectivity index (χ2v) is 5.72. The second-order valence-electron chi connectivity index (χ2n) is 5.72. The molecule has 0 saturated carbocycles. The van der Waals surface area contributed by atoms with Crippen LogP contribution in [0.15, 0.2) is 54.1 Å². The lowest BCUT2D eigenvalue weighted by Gasteiger charge is -2.07. The summed E-state index contributed by atoms with van der Waals surface area (Å²) in [6.45, 7) is 1.10. The van der Waals surface area contributed by atoms with Crippen molar-refractivity contribution in [1.29, 1.82) is 5.26 Å². The Morgan fingerprint density at radius 1 is 1.22 bits per heavy atom. The average molecular weight is 368 g/mol. The molecule has 2 aromatic carbocycles. The zero-order chi connectivity index (χ0) is 19.5. The minimum absolute atomic E-state index is 0.0208. The fourth-order valence-corrected chi connectivity index (χ4v) is 2.27. The number of nitrogens with zero attached hydrogens (tertiary/aromatic N) is 1. The number of amides is 1. The first-order valence-corrected chi connectivity index (χ1v) is 8.49. The number of ether oxygens (including phenoxy) is 2. The molecule has 0 spiro atoms. The summed E-state index contributed by atoms with van der Waals surface area (Å²) < 4.78 is 24.1. The van der Waals surface area contributed by atoms with Crippen LogP contribution >= 0.6 is 0 Å². The van der Waals surface area contributed by atoms with E-state index in [0.717, 1.165) is 0 Å². The van der Waals surface area contributed by atoms with E-state index in [-0.39, 0.29) is 18.0 Å². The molecule has 0 bridgehead atoms. The van der Waals surface area contributed by atoms with Gasteiger partial charge in [-0.05, 0) is 36.3 Å². The normalized spacial score (nSPS) is 10.9. The molecule has 0 unspecified atom stereocenters. The van der Waals surface area contributed by atoms with E-state index in [4.69, 9.17) is 9.47 Å². The van der Waals surface area contributed by atoms with Crippen LogP contribution in [-0.4, -0.2) is 26.2 Å². The predicted molar refractivity (Wildman–Crippen MR) is 100 cm³/mol. The van der Waals surface area contributed by atoms with Crippen LogP contribution in [0.1, 0.15) is 17.5 Å². The average Bonchev–Trinajstić information content (AvgIpc) is 2.69. The van der Waals surface area contributed by atoms with Crippen molar-refractivity contribution in [1.82, 2.24) is 5.32 Å². The van der Waals surface area contributed by atoms with Crippen molar-refractivity contribution in [2.24, 2.45) is 0 Å². The summed E-state index contributed by atoms with van der Waals surface area (Å²) in [5, 5.41) is 11.9. The number of methoxy groups -OCH3 is 1. The summed E-state index contributed by atoms with van der Waals surface area (Å²) in [6.07, 6.45) is 2.18. The third-order valence-corrected chi connectivity index (χ3v) is 3.72. The first-order valence-electron chi connectivity index (χ1n) is 8.49. The van der Waals surface area contributed by atoms with Crippen LogP contribution in [0.25, 0.3) is 6.08 Å². The van der Waals surface area contributed by atoms with Crippen LogP contribution in [-0.2, 0) is 16.1 Å². The number of rotatable bonds is 9. The minimum Gasteiger partial charge on any atom is -0.489 e. The number of carbonyl (C=O) groups is 1. The highest BCUT2D eigenvalue weighted by atomic mass is 19.1. The number of nitrogens with one attached hydrogen (secondary N) is 1. The monoisotopic (exact) mass is 368 g/mol. The number of hydrogen-bond acceptors (Lipinski definition) is 4. The van der Waals surface area contributed by atoms with E-state index in [1.54, 1.807) is 49.6 Å². The van der Waals surface area contributed by atoms with Crippen molar-refractivity contribution in [3.63, 3.8) is 0 Å². The molecule has 1 N–H and O–H groups in total. The molecule has 0 atom stereocenters. The number of benzene rings is 2. The van der Waals surface area contributed by atoms with E-state index in [9.17, 15) is 14.4 Å². The molecule has 0 fully saturated rings. The van der Waals surface area contributed by atoms with Gasteiger partial charge >= 0.3 is 0 Å². The van der Waals surface area contributed by atoms with Gasteiger partial charge in [0.2, 0.25) is 0 Å². The van der Waals surface area contributed by atoms with E-state index < -0.39 is 5.91 Å².